The number of hydrogen-bond acceptors (Lipinski definition) is 5. The lowest BCUT2D eigenvalue weighted by Gasteiger charge is -2.14. The molecule has 2 aromatic heterocycles. The lowest BCUT2D eigenvalue weighted by atomic mass is 9.89. The third-order valence-corrected chi connectivity index (χ3v) is 6.20. The summed E-state index contributed by atoms with van der Waals surface area (Å²) in [5.74, 6) is 1.31. The number of hydrogen-bond donors (Lipinski definition) is 1. The number of fused-ring (bicyclic) bond motifs is 2. The fourth-order valence-electron chi connectivity index (χ4n) is 4.30. The molecule has 28 heavy (non-hydrogen) atoms. The van der Waals surface area contributed by atoms with Crippen molar-refractivity contribution in [3.63, 3.8) is 0 Å². The van der Waals surface area contributed by atoms with Crippen LogP contribution in [0.15, 0.2) is 27.4 Å². The predicted octanol–water partition coefficient (Wildman–Crippen LogP) is 5.11. The van der Waals surface area contributed by atoms with Gasteiger partial charge in [-0.05, 0) is 43.7 Å². The second-order valence-corrected chi connectivity index (χ2v) is 9.54. The summed E-state index contributed by atoms with van der Waals surface area (Å²) in [6.07, 6.45) is 5.20. The average Bonchev–Trinajstić information content (AvgIpc) is 3.31. The van der Waals surface area contributed by atoms with Crippen LogP contribution in [0, 0.1) is 12.3 Å². The molecule has 0 saturated heterocycles. The van der Waals surface area contributed by atoms with E-state index in [0.717, 1.165) is 70.9 Å². The zero-order valence-electron chi connectivity index (χ0n) is 16.8. The number of pyridine rings is 1. The van der Waals surface area contributed by atoms with E-state index in [4.69, 9.17) is 9.40 Å². The summed E-state index contributed by atoms with van der Waals surface area (Å²) >= 11 is 1.56. The minimum absolute atomic E-state index is 0.0753. The third-order valence-electron chi connectivity index (χ3n) is 5.76. The second-order valence-electron chi connectivity index (χ2n) is 8.92. The van der Waals surface area contributed by atoms with E-state index < -0.39 is 0 Å². The average molecular weight is 396 g/mol. The molecule has 0 bridgehead atoms. The highest BCUT2D eigenvalue weighted by Gasteiger charge is 2.33. The van der Waals surface area contributed by atoms with Gasteiger partial charge in [-0.2, -0.15) is 0 Å². The van der Waals surface area contributed by atoms with Crippen molar-refractivity contribution in [3.05, 3.63) is 45.7 Å². The molecule has 2 aliphatic rings. The van der Waals surface area contributed by atoms with Crippen molar-refractivity contribution < 1.29 is 4.42 Å². The molecule has 6 heteroatoms. The van der Waals surface area contributed by atoms with Crippen LogP contribution < -0.4 is 10.3 Å². The maximum absolute atomic E-state index is 12.8. The number of aromatic nitrogens is 2. The van der Waals surface area contributed by atoms with Crippen LogP contribution in [0.3, 0.4) is 0 Å². The first kappa shape index (κ1) is 17.9. The number of oxazole rings is 1. The molecule has 0 unspecified atom stereocenters. The molecule has 0 spiro atoms. The topological polar surface area (TPSA) is 60.1 Å². The van der Waals surface area contributed by atoms with Gasteiger partial charge in [0.05, 0.1) is 0 Å². The van der Waals surface area contributed by atoms with E-state index in [1.54, 1.807) is 11.9 Å². The summed E-state index contributed by atoms with van der Waals surface area (Å²) in [6, 6.07) is 6.21. The number of benzene rings is 1. The van der Waals surface area contributed by atoms with Crippen LogP contribution in [0.4, 0.5) is 5.69 Å². The van der Waals surface area contributed by atoms with Gasteiger partial charge in [0.2, 0.25) is 0 Å². The van der Waals surface area contributed by atoms with Crippen LogP contribution in [0.25, 0.3) is 22.2 Å². The van der Waals surface area contributed by atoms with Crippen molar-refractivity contribution in [2.45, 2.75) is 52.5 Å². The Morgan fingerprint density at radius 2 is 2.04 bits per heavy atom. The van der Waals surface area contributed by atoms with Gasteiger partial charge < -0.3 is 13.7 Å². The standard InChI is InChI=1S/C22H25N3O2S/c1-12-7-15(17-10-22(2,3)11-25(17)21(12)26)16-8-14(24-28-4)9-18-19(16)23-20(27-18)13-5-6-13/h7-9,13,24H,5-6,10-11H2,1-4H3. The Bertz CT molecular complexity index is 1150. The first-order valence-electron chi connectivity index (χ1n) is 9.83. The Balaban J connectivity index is 1.79. The van der Waals surface area contributed by atoms with Gasteiger partial charge in [-0.25, -0.2) is 4.98 Å². The van der Waals surface area contributed by atoms with E-state index in [9.17, 15) is 4.79 Å². The molecule has 3 heterocycles. The minimum atomic E-state index is 0.0753. The molecule has 1 saturated carbocycles. The van der Waals surface area contributed by atoms with Gasteiger partial charge in [0, 0.05) is 52.9 Å². The molecule has 5 rings (SSSR count). The van der Waals surface area contributed by atoms with Crippen molar-refractivity contribution >= 4 is 28.7 Å². The molecule has 146 valence electrons. The van der Waals surface area contributed by atoms with E-state index in [1.807, 2.05) is 29.9 Å². The Morgan fingerprint density at radius 3 is 2.75 bits per heavy atom. The number of rotatable bonds is 4. The molecular formula is C22H25N3O2S. The fourth-order valence-corrected chi connectivity index (χ4v) is 4.66. The van der Waals surface area contributed by atoms with Crippen molar-refractivity contribution in [2.24, 2.45) is 5.41 Å². The molecule has 0 amide bonds. The first-order valence-corrected chi connectivity index (χ1v) is 11.1. The smallest absolute Gasteiger partial charge is 0.253 e. The van der Waals surface area contributed by atoms with Gasteiger partial charge in [0.1, 0.15) is 5.52 Å². The monoisotopic (exact) mass is 395 g/mol. The van der Waals surface area contributed by atoms with E-state index in [2.05, 4.69) is 24.6 Å². The number of nitrogens with one attached hydrogen (secondary N) is 1. The van der Waals surface area contributed by atoms with Gasteiger partial charge in [-0.15, -0.1) is 0 Å². The lowest BCUT2D eigenvalue weighted by molar-refractivity contribution is 0.357. The largest absolute Gasteiger partial charge is 0.440 e. The number of anilines is 1. The minimum Gasteiger partial charge on any atom is -0.440 e. The zero-order valence-corrected chi connectivity index (χ0v) is 17.6. The van der Waals surface area contributed by atoms with Crippen LogP contribution in [-0.2, 0) is 13.0 Å². The summed E-state index contributed by atoms with van der Waals surface area (Å²) in [5, 5.41) is 0. The summed E-state index contributed by atoms with van der Waals surface area (Å²) in [7, 11) is 0. The highest BCUT2D eigenvalue weighted by molar-refractivity contribution is 7.99. The summed E-state index contributed by atoms with van der Waals surface area (Å²) in [6.45, 7) is 7.11. The summed E-state index contributed by atoms with van der Waals surface area (Å²) in [5.41, 5.74) is 6.95. The fraction of sp³-hybridized carbons (Fsp3) is 0.455. The molecule has 5 nitrogen and oxygen atoms in total. The SMILES string of the molecule is CSNc1cc(-c2cc(C)c(=O)n3c2CC(C)(C)C3)c2nc(C3CC3)oc2c1. The molecule has 1 aromatic carbocycles. The lowest BCUT2D eigenvalue weighted by Crippen LogP contribution is -2.24. The second kappa shape index (κ2) is 6.14. The summed E-state index contributed by atoms with van der Waals surface area (Å²) < 4.78 is 11.4. The van der Waals surface area contributed by atoms with Crippen molar-refractivity contribution in [1.29, 1.82) is 0 Å². The molecule has 1 fully saturated rings. The van der Waals surface area contributed by atoms with E-state index in [1.165, 1.54) is 0 Å². The van der Waals surface area contributed by atoms with Gasteiger partial charge in [-0.1, -0.05) is 25.8 Å². The van der Waals surface area contributed by atoms with Crippen molar-refractivity contribution in [1.82, 2.24) is 9.55 Å². The maximum atomic E-state index is 12.8. The Morgan fingerprint density at radius 1 is 1.25 bits per heavy atom. The predicted molar refractivity (Wildman–Crippen MR) is 115 cm³/mol. The maximum Gasteiger partial charge on any atom is 0.253 e. The van der Waals surface area contributed by atoms with E-state index in [-0.39, 0.29) is 11.0 Å². The van der Waals surface area contributed by atoms with Gasteiger partial charge in [0.15, 0.2) is 11.5 Å². The highest BCUT2D eigenvalue weighted by Crippen LogP contribution is 2.44. The van der Waals surface area contributed by atoms with Crippen LogP contribution >= 0.6 is 11.9 Å². The van der Waals surface area contributed by atoms with Gasteiger partial charge in [-0.3, -0.25) is 4.79 Å². The van der Waals surface area contributed by atoms with Crippen molar-refractivity contribution in [2.75, 3.05) is 11.0 Å². The molecule has 0 radical (unpaired) electrons. The number of aryl methyl sites for hydroxylation is 1. The molecular weight excluding hydrogens is 370 g/mol. The van der Waals surface area contributed by atoms with E-state index >= 15 is 0 Å². The number of nitrogens with zero attached hydrogens (tertiary/aromatic N) is 2. The highest BCUT2D eigenvalue weighted by atomic mass is 32.2. The van der Waals surface area contributed by atoms with Crippen LogP contribution in [-0.4, -0.2) is 15.8 Å². The van der Waals surface area contributed by atoms with Gasteiger partial charge in [0.25, 0.3) is 5.56 Å². The molecule has 1 aliphatic carbocycles. The summed E-state index contributed by atoms with van der Waals surface area (Å²) in [4.78, 5) is 17.7. The van der Waals surface area contributed by atoms with E-state index in [0.29, 0.717) is 5.92 Å². The molecule has 0 atom stereocenters. The molecule has 3 aromatic rings. The van der Waals surface area contributed by atoms with Crippen LogP contribution in [0.2, 0.25) is 0 Å². The zero-order chi connectivity index (χ0) is 19.6. The quantitative estimate of drug-likeness (QED) is 0.622. The molecule has 1 N–H and O–H groups in total. The van der Waals surface area contributed by atoms with Gasteiger partial charge >= 0.3 is 0 Å². The van der Waals surface area contributed by atoms with Crippen LogP contribution in [0.5, 0.6) is 0 Å². The Hall–Kier alpha value is -2.21. The van der Waals surface area contributed by atoms with Crippen molar-refractivity contribution in [3.8, 4) is 11.1 Å². The normalized spacial score (nSPS) is 17.9. The Kier molecular flexibility index (Phi) is 3.92. The Labute approximate surface area is 168 Å². The first-order chi connectivity index (χ1) is 13.4. The molecule has 1 aliphatic heterocycles. The third kappa shape index (κ3) is 2.85. The van der Waals surface area contributed by atoms with Crippen LogP contribution in [0.1, 0.15) is 49.8 Å².